The minimum atomic E-state index is -5.14. The molecule has 2 heterocycles. The van der Waals surface area contributed by atoms with Crippen molar-refractivity contribution >= 4 is 29.3 Å². The van der Waals surface area contributed by atoms with Crippen molar-refractivity contribution in [2.24, 2.45) is 23.7 Å². The van der Waals surface area contributed by atoms with E-state index in [0.29, 0.717) is 0 Å². The summed E-state index contributed by atoms with van der Waals surface area (Å²) in [6.07, 6.45) is -1.92. The van der Waals surface area contributed by atoms with Crippen LogP contribution in [0.3, 0.4) is 0 Å². The lowest BCUT2D eigenvalue weighted by atomic mass is 9.66. The van der Waals surface area contributed by atoms with Crippen LogP contribution in [0.25, 0.3) is 0 Å². The van der Waals surface area contributed by atoms with Gasteiger partial charge in [-0.05, 0) is 32.9 Å². The van der Waals surface area contributed by atoms with E-state index in [1.165, 1.54) is 70.4 Å². The summed E-state index contributed by atoms with van der Waals surface area (Å²) in [6, 6.07) is 6.41. The Morgan fingerprint density at radius 3 is 2.28 bits per heavy atom. The zero-order valence-corrected chi connectivity index (χ0v) is 27.1. The van der Waals surface area contributed by atoms with Gasteiger partial charge in [-0.3, -0.25) is 9.59 Å². The number of alkyl halides is 3. The van der Waals surface area contributed by atoms with Crippen molar-refractivity contribution in [3.8, 4) is 0 Å². The van der Waals surface area contributed by atoms with Gasteiger partial charge in [0.15, 0.2) is 5.79 Å². The molecule has 9 atom stereocenters. The molecule has 0 radical (unpaired) electrons. The first-order valence-electron chi connectivity index (χ1n) is 14.7. The standard InChI is InChI=1S/C33H36ClF3O10/c1-16(19(4)46-29(42)31(44-6,33(35,36)37)20-10-8-7-9-11-20)12-13-21-14-22-23(15-45-21)24-25(28(40)41)32(43,17(2)18(3)38)47-30(24,5)27(39)26(22)34/h7-19,24-25,38,43H,1-6H3,(H,40,41)/b13-12+/t16-,17?,18?,19-,24-,25-,30+,31-,32?/m1/s1. The van der Waals surface area contributed by atoms with Gasteiger partial charge in [-0.2, -0.15) is 13.2 Å². The van der Waals surface area contributed by atoms with Gasteiger partial charge in [0.2, 0.25) is 5.78 Å². The van der Waals surface area contributed by atoms with Crippen molar-refractivity contribution in [3.63, 3.8) is 0 Å². The molecular weight excluding hydrogens is 649 g/mol. The molecule has 1 fully saturated rings. The first kappa shape index (κ1) is 36.3. The van der Waals surface area contributed by atoms with Crippen LogP contribution in [0.5, 0.6) is 0 Å². The molecule has 1 aliphatic carbocycles. The highest BCUT2D eigenvalue weighted by atomic mass is 35.5. The zero-order valence-electron chi connectivity index (χ0n) is 26.4. The normalized spacial score (nSPS) is 29.8. The van der Waals surface area contributed by atoms with Crippen molar-refractivity contribution < 1.29 is 61.8 Å². The second-order valence-corrected chi connectivity index (χ2v) is 12.5. The summed E-state index contributed by atoms with van der Waals surface area (Å²) in [5.41, 5.74) is -5.41. The number of carboxylic acids is 1. The number of fused-ring (bicyclic) bond motifs is 3. The van der Waals surface area contributed by atoms with Crippen LogP contribution in [-0.2, 0) is 38.9 Å². The maximum absolute atomic E-state index is 14.3. The highest BCUT2D eigenvalue weighted by Crippen LogP contribution is 2.58. The molecule has 256 valence electrons. The van der Waals surface area contributed by atoms with E-state index in [0.717, 1.165) is 19.2 Å². The lowest BCUT2D eigenvalue weighted by Gasteiger charge is -2.37. The maximum atomic E-state index is 14.3. The topological polar surface area (TPSA) is 149 Å². The molecule has 0 bridgehead atoms. The van der Waals surface area contributed by atoms with Gasteiger partial charge in [-0.1, -0.05) is 61.9 Å². The summed E-state index contributed by atoms with van der Waals surface area (Å²) in [5.74, 6) is -10.9. The number of rotatable bonds is 10. The lowest BCUT2D eigenvalue weighted by molar-refractivity contribution is -0.278. The summed E-state index contributed by atoms with van der Waals surface area (Å²) >= 11 is 6.48. The Bertz CT molecular complexity index is 1550. The van der Waals surface area contributed by atoms with E-state index >= 15 is 0 Å². The SMILES string of the molecule is CO[C@@](C(=O)O[C@H](C)[C@H](C)/C=C/C1=CC2=C(Cl)C(=O)[C@@]3(C)OC(O)(C(C)C(C)O)[C@@H](C(=O)O)[C@H]3C2=CO1)(c1ccccc1)C(F)(F)F. The number of carboxylic acid groups (broad SMARTS) is 1. The third kappa shape index (κ3) is 5.92. The van der Waals surface area contributed by atoms with Crippen LogP contribution >= 0.6 is 11.6 Å². The molecule has 14 heteroatoms. The molecule has 0 spiro atoms. The van der Waals surface area contributed by atoms with Crippen molar-refractivity contribution in [1.82, 2.24) is 0 Å². The molecule has 3 N–H and O–H groups in total. The van der Waals surface area contributed by atoms with Crippen LogP contribution in [-0.4, -0.2) is 69.9 Å². The van der Waals surface area contributed by atoms with Gasteiger partial charge >= 0.3 is 18.1 Å². The molecule has 2 aliphatic heterocycles. The molecule has 3 unspecified atom stereocenters. The maximum Gasteiger partial charge on any atom is 0.432 e. The number of carbonyl (C=O) groups is 3. The summed E-state index contributed by atoms with van der Waals surface area (Å²) < 4.78 is 64.4. The van der Waals surface area contributed by atoms with Crippen LogP contribution in [0, 0.1) is 23.7 Å². The van der Waals surface area contributed by atoms with E-state index < -0.39 is 82.3 Å². The van der Waals surface area contributed by atoms with Crippen molar-refractivity contribution in [2.75, 3.05) is 7.11 Å². The first-order chi connectivity index (χ1) is 21.8. The molecule has 3 aliphatic rings. The predicted molar refractivity (Wildman–Crippen MR) is 160 cm³/mol. The third-order valence-corrected chi connectivity index (χ3v) is 9.68. The van der Waals surface area contributed by atoms with Gasteiger partial charge in [0.25, 0.3) is 5.60 Å². The summed E-state index contributed by atoms with van der Waals surface area (Å²) in [4.78, 5) is 39.1. The average molecular weight is 685 g/mol. The van der Waals surface area contributed by atoms with Crippen LogP contribution in [0.4, 0.5) is 13.2 Å². The molecule has 0 amide bonds. The largest absolute Gasteiger partial charge is 0.481 e. The number of allylic oxidation sites excluding steroid dienone is 3. The second kappa shape index (κ2) is 12.8. The van der Waals surface area contributed by atoms with Gasteiger partial charge in [0, 0.05) is 41.6 Å². The smallest absolute Gasteiger partial charge is 0.432 e. The number of ether oxygens (including phenoxy) is 4. The fourth-order valence-electron chi connectivity index (χ4n) is 6.19. The van der Waals surface area contributed by atoms with Crippen LogP contribution in [0.15, 0.2) is 76.8 Å². The minimum absolute atomic E-state index is 0.118. The summed E-state index contributed by atoms with van der Waals surface area (Å²) in [5, 5.41) is 31.5. The molecule has 0 aromatic heterocycles. The Morgan fingerprint density at radius 1 is 1.13 bits per heavy atom. The number of halogens is 4. The fourth-order valence-corrected chi connectivity index (χ4v) is 6.54. The highest BCUT2D eigenvalue weighted by Gasteiger charge is 2.71. The Hall–Kier alpha value is -3.49. The van der Waals surface area contributed by atoms with Crippen LogP contribution in [0.1, 0.15) is 40.2 Å². The molecule has 1 saturated heterocycles. The number of aliphatic hydroxyl groups excluding tert-OH is 1. The van der Waals surface area contributed by atoms with Gasteiger partial charge in [0.05, 0.1) is 17.4 Å². The third-order valence-electron chi connectivity index (χ3n) is 9.30. The number of benzene rings is 1. The molecule has 1 aromatic rings. The minimum Gasteiger partial charge on any atom is -0.481 e. The van der Waals surface area contributed by atoms with E-state index in [-0.39, 0.29) is 21.9 Å². The van der Waals surface area contributed by atoms with E-state index in [4.69, 9.17) is 30.5 Å². The molecule has 0 saturated carbocycles. The quantitative estimate of drug-likeness (QED) is 0.291. The highest BCUT2D eigenvalue weighted by molar-refractivity contribution is 6.45. The molecule has 4 rings (SSSR count). The number of Topliss-reactive ketones (excluding diaryl/α,β-unsaturated/α-hetero) is 1. The van der Waals surface area contributed by atoms with Gasteiger partial charge < -0.3 is 34.3 Å². The number of aliphatic carboxylic acids is 1. The van der Waals surface area contributed by atoms with E-state index in [1.807, 2.05) is 0 Å². The van der Waals surface area contributed by atoms with Crippen molar-refractivity contribution in [2.45, 2.75) is 70.0 Å². The van der Waals surface area contributed by atoms with Gasteiger partial charge in [-0.15, -0.1) is 0 Å². The average Bonchev–Trinajstić information content (AvgIpc) is 3.27. The van der Waals surface area contributed by atoms with E-state index in [1.54, 1.807) is 6.92 Å². The summed E-state index contributed by atoms with van der Waals surface area (Å²) in [7, 11) is 0.771. The zero-order chi connectivity index (χ0) is 35.3. The van der Waals surface area contributed by atoms with Crippen LogP contribution in [0.2, 0.25) is 0 Å². The number of carbonyl (C=O) groups excluding carboxylic acids is 2. The first-order valence-corrected chi connectivity index (χ1v) is 15.1. The lowest BCUT2D eigenvalue weighted by Crippen LogP contribution is -2.52. The molecule has 47 heavy (non-hydrogen) atoms. The summed E-state index contributed by atoms with van der Waals surface area (Å²) in [6.45, 7) is 7.07. The van der Waals surface area contributed by atoms with E-state index in [2.05, 4.69) is 0 Å². The molecule has 1 aromatic carbocycles. The molecule has 10 nitrogen and oxygen atoms in total. The van der Waals surface area contributed by atoms with Gasteiger partial charge in [-0.25, -0.2) is 4.79 Å². The fraction of sp³-hybridized carbons (Fsp3) is 0.485. The molecular formula is C33H36ClF3O10. The number of methoxy groups -OCH3 is 1. The number of esters is 1. The van der Waals surface area contributed by atoms with Crippen LogP contribution < -0.4 is 0 Å². The van der Waals surface area contributed by atoms with Crippen molar-refractivity contribution in [1.29, 1.82) is 0 Å². The Morgan fingerprint density at radius 2 is 1.74 bits per heavy atom. The predicted octanol–water partition coefficient (Wildman–Crippen LogP) is 4.90. The monoisotopic (exact) mass is 684 g/mol. The van der Waals surface area contributed by atoms with Gasteiger partial charge in [0.1, 0.15) is 23.4 Å². The number of ketones is 1. The van der Waals surface area contributed by atoms with E-state index in [9.17, 15) is 42.9 Å². The Balaban J connectivity index is 1.59. The van der Waals surface area contributed by atoms with Crippen molar-refractivity contribution in [3.05, 3.63) is 82.3 Å². The second-order valence-electron chi connectivity index (χ2n) is 12.2. The Labute approximate surface area is 274 Å². The number of hydrogen-bond donors (Lipinski definition) is 3. The number of hydrogen-bond acceptors (Lipinski definition) is 9. The number of aliphatic hydroxyl groups is 2. The Kier molecular flexibility index (Phi) is 9.94.